The number of benzene rings is 1. The fraction of sp³-hybridized carbons (Fsp3) is 0.412. The second kappa shape index (κ2) is 9.43. The number of nitro groups is 1. The third kappa shape index (κ3) is 5.37. The minimum Gasteiger partial charge on any atom is -0.368 e. The summed E-state index contributed by atoms with van der Waals surface area (Å²) in [7, 11) is -1.85. The Morgan fingerprint density at radius 2 is 1.73 bits per heavy atom. The van der Waals surface area contributed by atoms with Crippen LogP contribution in [0.3, 0.4) is 0 Å². The van der Waals surface area contributed by atoms with Gasteiger partial charge in [-0.25, -0.2) is 0 Å². The Kier molecular flexibility index (Phi) is 7.21. The number of nitrogens with one attached hydrogen (secondary N) is 3. The Hall–Kier alpha value is -3.35. The second-order valence-corrected chi connectivity index (χ2v) is 8.20. The van der Waals surface area contributed by atoms with Gasteiger partial charge in [-0.2, -0.15) is 0 Å². The van der Waals surface area contributed by atoms with Crippen LogP contribution < -0.4 is 21.7 Å². The Balaban J connectivity index is 2.49. The van der Waals surface area contributed by atoms with E-state index in [1.807, 2.05) is 0 Å². The second-order valence-electron chi connectivity index (χ2n) is 6.66. The summed E-state index contributed by atoms with van der Waals surface area (Å²) in [5, 5.41) is 18.2. The minimum atomic E-state index is -1.85. The van der Waals surface area contributed by atoms with Crippen molar-refractivity contribution in [2.24, 2.45) is 5.73 Å². The van der Waals surface area contributed by atoms with Crippen molar-refractivity contribution in [3.8, 4) is 0 Å². The summed E-state index contributed by atoms with van der Waals surface area (Å²) in [6.07, 6.45) is -0.108. The maximum Gasteiger partial charge on any atom is 0.270 e. The Bertz CT molecular complexity index is 935. The average Bonchev–Trinajstić information content (AvgIpc) is 2.68. The molecule has 1 aromatic carbocycles. The van der Waals surface area contributed by atoms with Gasteiger partial charge in [0.2, 0.25) is 17.7 Å². The van der Waals surface area contributed by atoms with Crippen molar-refractivity contribution in [3.63, 3.8) is 0 Å². The lowest BCUT2D eigenvalue weighted by Crippen LogP contribution is -2.55. The number of hydrogen-bond donors (Lipinski definition) is 4. The molecule has 13 heteroatoms. The predicted molar refractivity (Wildman–Crippen MR) is 105 cm³/mol. The summed E-state index contributed by atoms with van der Waals surface area (Å²) >= 11 is 0. The molecule has 0 aliphatic carbocycles. The zero-order valence-corrected chi connectivity index (χ0v) is 17.0. The molecule has 0 spiro atoms. The number of non-ortho nitro benzene ring substituents is 1. The van der Waals surface area contributed by atoms with Crippen LogP contribution in [0.25, 0.3) is 0 Å². The van der Waals surface area contributed by atoms with Crippen LogP contribution in [0.15, 0.2) is 23.1 Å². The van der Waals surface area contributed by atoms with Gasteiger partial charge in [-0.1, -0.05) is 0 Å². The van der Waals surface area contributed by atoms with Crippen molar-refractivity contribution in [2.75, 3.05) is 5.75 Å². The zero-order chi connectivity index (χ0) is 22.6. The molecule has 0 saturated carbocycles. The first-order valence-corrected chi connectivity index (χ1v) is 10.2. The Labute approximate surface area is 173 Å². The van der Waals surface area contributed by atoms with Crippen LogP contribution in [0.1, 0.15) is 30.6 Å². The van der Waals surface area contributed by atoms with Crippen LogP contribution >= 0.6 is 0 Å². The highest BCUT2D eigenvalue weighted by molar-refractivity contribution is 7.85. The molecule has 30 heavy (non-hydrogen) atoms. The van der Waals surface area contributed by atoms with Gasteiger partial charge in [0, 0.05) is 17.9 Å². The lowest BCUT2D eigenvalue weighted by Gasteiger charge is -2.22. The standard InChI is InChI=1S/C17H21N5O7S/c1-8-15(24)19-9(2)16(25)21-12(14(18)23)5-6-30(29)13-4-3-10(22(27)28)7-11(13)17(26)20-8/h3-4,7-9,12H,5-6H2,1-2H3,(H2,18,23)(H,19,24)(H,20,26)(H,21,25)/t8-,9-,12-,30?/m0/s1. The average molecular weight is 439 g/mol. The third-order valence-electron chi connectivity index (χ3n) is 4.41. The molecule has 5 N–H and O–H groups in total. The molecule has 1 unspecified atom stereocenters. The van der Waals surface area contributed by atoms with Crippen LogP contribution in [0.4, 0.5) is 5.69 Å². The Morgan fingerprint density at radius 1 is 1.13 bits per heavy atom. The molecule has 0 aromatic heterocycles. The van der Waals surface area contributed by atoms with Crippen molar-refractivity contribution in [1.82, 2.24) is 16.0 Å². The van der Waals surface area contributed by atoms with E-state index in [9.17, 15) is 33.5 Å². The summed E-state index contributed by atoms with van der Waals surface area (Å²) < 4.78 is 12.8. The summed E-state index contributed by atoms with van der Waals surface area (Å²) in [6, 6.07) is -0.0623. The molecular weight excluding hydrogens is 418 g/mol. The molecule has 4 atom stereocenters. The minimum absolute atomic E-state index is 0.00863. The quantitative estimate of drug-likeness (QED) is 0.325. The number of nitrogens with zero attached hydrogens (tertiary/aromatic N) is 1. The van der Waals surface area contributed by atoms with Crippen LogP contribution in [0, 0.1) is 10.1 Å². The highest BCUT2D eigenvalue weighted by atomic mass is 32.2. The number of fused-ring (bicyclic) bond motifs is 1. The SMILES string of the molecule is C[C@@H]1NC(=O)c2cc([N+](=O)[O-])ccc2S(=O)CC[C@@H](C(N)=O)NC(=O)[C@H](C)NC1=O. The normalized spacial score (nSPS) is 25.7. The van der Waals surface area contributed by atoms with Gasteiger partial charge in [-0.15, -0.1) is 0 Å². The number of hydrogen-bond acceptors (Lipinski definition) is 7. The van der Waals surface area contributed by atoms with Crippen LogP contribution in [-0.4, -0.2) is 56.6 Å². The number of nitro benzene ring substituents is 1. The van der Waals surface area contributed by atoms with Crippen molar-refractivity contribution in [3.05, 3.63) is 33.9 Å². The summed E-state index contributed by atoms with van der Waals surface area (Å²) in [6.45, 7) is 2.73. The van der Waals surface area contributed by atoms with Gasteiger partial charge < -0.3 is 21.7 Å². The van der Waals surface area contributed by atoms with Crippen LogP contribution in [0.2, 0.25) is 0 Å². The largest absolute Gasteiger partial charge is 0.368 e. The van der Waals surface area contributed by atoms with Crippen LogP contribution in [-0.2, 0) is 25.2 Å². The molecule has 1 aliphatic rings. The first kappa shape index (κ1) is 22.9. The zero-order valence-electron chi connectivity index (χ0n) is 16.2. The van der Waals surface area contributed by atoms with Crippen LogP contribution in [0.5, 0.6) is 0 Å². The number of amides is 4. The summed E-state index contributed by atoms with van der Waals surface area (Å²) in [5.41, 5.74) is 4.67. The molecule has 12 nitrogen and oxygen atoms in total. The van der Waals surface area contributed by atoms with E-state index < -0.39 is 63.2 Å². The van der Waals surface area contributed by atoms with Gasteiger partial charge in [0.25, 0.3) is 11.6 Å². The fourth-order valence-corrected chi connectivity index (χ4v) is 3.95. The van der Waals surface area contributed by atoms with Gasteiger partial charge in [0.05, 0.1) is 26.2 Å². The molecule has 1 aromatic rings. The van der Waals surface area contributed by atoms with Gasteiger partial charge >= 0.3 is 0 Å². The fourth-order valence-electron chi connectivity index (χ4n) is 2.67. The Morgan fingerprint density at radius 3 is 2.33 bits per heavy atom. The molecular formula is C17H21N5O7S. The molecule has 0 radical (unpaired) electrons. The van der Waals surface area contributed by atoms with E-state index in [0.29, 0.717) is 0 Å². The van der Waals surface area contributed by atoms with E-state index in [2.05, 4.69) is 16.0 Å². The molecule has 2 rings (SSSR count). The van der Waals surface area contributed by atoms with Gasteiger partial charge in [0.15, 0.2) is 0 Å². The van der Waals surface area contributed by atoms with E-state index >= 15 is 0 Å². The number of rotatable bonds is 2. The molecule has 0 bridgehead atoms. The maximum absolute atomic E-state index is 12.8. The maximum atomic E-state index is 12.8. The van der Waals surface area contributed by atoms with E-state index in [0.717, 1.165) is 12.1 Å². The molecule has 4 amide bonds. The van der Waals surface area contributed by atoms with Crippen molar-refractivity contribution < 1.29 is 28.3 Å². The van der Waals surface area contributed by atoms with E-state index in [-0.39, 0.29) is 22.6 Å². The van der Waals surface area contributed by atoms with E-state index in [1.165, 1.54) is 19.9 Å². The lowest BCUT2D eigenvalue weighted by atomic mass is 10.1. The number of carbonyl (C=O) groups is 4. The first-order valence-electron chi connectivity index (χ1n) is 8.89. The molecule has 0 fully saturated rings. The topological polar surface area (TPSA) is 191 Å². The number of nitrogens with two attached hydrogens (primary N) is 1. The smallest absolute Gasteiger partial charge is 0.270 e. The highest BCUT2D eigenvalue weighted by Crippen LogP contribution is 2.22. The van der Waals surface area contributed by atoms with Gasteiger partial charge in [-0.05, 0) is 26.3 Å². The van der Waals surface area contributed by atoms with Gasteiger partial charge in [0.1, 0.15) is 18.1 Å². The lowest BCUT2D eigenvalue weighted by molar-refractivity contribution is -0.384. The van der Waals surface area contributed by atoms with Crippen molar-refractivity contribution in [1.29, 1.82) is 0 Å². The molecule has 0 saturated heterocycles. The summed E-state index contributed by atoms with van der Waals surface area (Å²) in [4.78, 5) is 59.2. The predicted octanol–water partition coefficient (Wildman–Crippen LogP) is -1.30. The number of primary amides is 1. The summed E-state index contributed by atoms with van der Waals surface area (Å²) in [5.74, 6) is -3.23. The number of carbonyl (C=O) groups excluding carboxylic acids is 4. The van der Waals surface area contributed by atoms with Gasteiger partial charge in [-0.3, -0.25) is 33.5 Å². The van der Waals surface area contributed by atoms with E-state index in [1.54, 1.807) is 0 Å². The van der Waals surface area contributed by atoms with Crippen molar-refractivity contribution in [2.45, 2.75) is 43.3 Å². The van der Waals surface area contributed by atoms with Crippen molar-refractivity contribution >= 4 is 40.1 Å². The first-order chi connectivity index (χ1) is 14.0. The molecule has 162 valence electrons. The molecule has 1 aliphatic heterocycles. The third-order valence-corrected chi connectivity index (χ3v) is 5.86. The van der Waals surface area contributed by atoms with E-state index in [4.69, 9.17) is 5.73 Å². The monoisotopic (exact) mass is 439 g/mol. The highest BCUT2D eigenvalue weighted by Gasteiger charge is 2.28. The molecule has 1 heterocycles.